The normalized spacial score (nSPS) is 12.3. The average Bonchev–Trinajstić information content (AvgIpc) is 3.03. The summed E-state index contributed by atoms with van der Waals surface area (Å²) in [4.78, 5) is 0. The molecule has 1 heterocycles. The minimum atomic E-state index is -0.224. The van der Waals surface area contributed by atoms with Gasteiger partial charge in [-0.15, -0.1) is 10.2 Å². The Morgan fingerprint density at radius 1 is 1.05 bits per heavy atom. The Kier molecular flexibility index (Phi) is 4.25. The number of hydrogen-bond acceptors (Lipinski definition) is 4. The lowest BCUT2D eigenvalue weighted by atomic mass is 10.1. The topological polar surface area (TPSA) is 51.0 Å². The van der Waals surface area contributed by atoms with Gasteiger partial charge in [0.05, 0.1) is 6.54 Å². The van der Waals surface area contributed by atoms with E-state index < -0.39 is 0 Å². The second-order valence-electron chi connectivity index (χ2n) is 4.99. The van der Waals surface area contributed by atoms with Gasteiger partial charge in [0.15, 0.2) is 0 Å². The van der Waals surface area contributed by atoms with Crippen LogP contribution < -0.4 is 5.32 Å². The van der Waals surface area contributed by atoms with Crippen molar-refractivity contribution in [2.75, 3.05) is 0 Å². The first-order valence-corrected chi connectivity index (χ1v) is 7.09. The molecule has 0 aliphatic rings. The maximum atomic E-state index is 13.7. The zero-order valence-corrected chi connectivity index (χ0v) is 12.2. The van der Waals surface area contributed by atoms with Gasteiger partial charge in [-0.25, -0.2) is 4.39 Å². The number of rotatable bonds is 5. The molecule has 2 aromatic carbocycles. The smallest absolute Gasteiger partial charge is 0.247 e. The van der Waals surface area contributed by atoms with Crippen molar-refractivity contribution < 1.29 is 8.81 Å². The first-order chi connectivity index (χ1) is 10.7. The van der Waals surface area contributed by atoms with Crippen molar-refractivity contribution in [2.45, 2.75) is 19.5 Å². The number of nitrogens with one attached hydrogen (secondary N) is 1. The Balaban J connectivity index is 1.65. The number of nitrogens with zero attached hydrogens (tertiary/aromatic N) is 2. The van der Waals surface area contributed by atoms with Crippen LogP contribution in [0.5, 0.6) is 0 Å². The molecule has 22 heavy (non-hydrogen) atoms. The van der Waals surface area contributed by atoms with Crippen molar-refractivity contribution >= 4 is 0 Å². The summed E-state index contributed by atoms with van der Waals surface area (Å²) >= 11 is 0. The predicted octanol–water partition coefficient (Wildman–Crippen LogP) is 3.73. The molecule has 0 aliphatic carbocycles. The van der Waals surface area contributed by atoms with Gasteiger partial charge in [0.25, 0.3) is 0 Å². The number of benzene rings is 2. The zero-order chi connectivity index (χ0) is 15.4. The summed E-state index contributed by atoms with van der Waals surface area (Å²) in [5, 5.41) is 11.2. The molecule has 0 aliphatic heterocycles. The SMILES string of the molecule is C[C@H](NCc1nnc(-c2ccccc2)o1)c1ccccc1F. The molecule has 0 fully saturated rings. The predicted molar refractivity (Wildman–Crippen MR) is 81.4 cm³/mol. The van der Waals surface area contributed by atoms with Gasteiger partial charge < -0.3 is 9.73 Å². The number of hydrogen-bond donors (Lipinski definition) is 1. The fourth-order valence-corrected chi connectivity index (χ4v) is 2.20. The standard InChI is InChI=1S/C17H16FN3O/c1-12(14-9-5-6-10-15(14)18)19-11-16-20-21-17(22-16)13-7-3-2-4-8-13/h2-10,12,19H,11H2,1H3/t12-/m0/s1. The van der Waals surface area contributed by atoms with Gasteiger partial charge >= 0.3 is 0 Å². The molecule has 0 spiro atoms. The molecule has 0 saturated carbocycles. The Hall–Kier alpha value is -2.53. The fourth-order valence-electron chi connectivity index (χ4n) is 2.20. The van der Waals surface area contributed by atoms with E-state index >= 15 is 0 Å². The molecule has 112 valence electrons. The van der Waals surface area contributed by atoms with Crippen LogP contribution in [0.15, 0.2) is 59.0 Å². The second kappa shape index (κ2) is 6.49. The van der Waals surface area contributed by atoms with Gasteiger partial charge in [-0.3, -0.25) is 0 Å². The first-order valence-electron chi connectivity index (χ1n) is 7.09. The molecule has 1 N–H and O–H groups in total. The van der Waals surface area contributed by atoms with E-state index in [1.54, 1.807) is 12.1 Å². The van der Waals surface area contributed by atoms with Crippen molar-refractivity contribution in [3.05, 3.63) is 71.9 Å². The summed E-state index contributed by atoms with van der Waals surface area (Å²) in [7, 11) is 0. The highest BCUT2D eigenvalue weighted by atomic mass is 19.1. The van der Waals surface area contributed by atoms with E-state index in [1.807, 2.05) is 43.3 Å². The molecular weight excluding hydrogens is 281 g/mol. The van der Waals surface area contributed by atoms with Gasteiger partial charge in [0.1, 0.15) is 5.82 Å². The van der Waals surface area contributed by atoms with E-state index in [4.69, 9.17) is 4.42 Å². The zero-order valence-electron chi connectivity index (χ0n) is 12.2. The molecule has 0 amide bonds. The molecule has 5 heteroatoms. The highest BCUT2D eigenvalue weighted by Crippen LogP contribution is 2.19. The van der Waals surface area contributed by atoms with Crippen molar-refractivity contribution in [3.63, 3.8) is 0 Å². The molecule has 0 saturated heterocycles. The monoisotopic (exact) mass is 297 g/mol. The average molecular weight is 297 g/mol. The Morgan fingerprint density at radius 2 is 1.77 bits per heavy atom. The van der Waals surface area contributed by atoms with Gasteiger partial charge in [-0.05, 0) is 25.1 Å². The van der Waals surface area contributed by atoms with Crippen LogP contribution in [0.25, 0.3) is 11.5 Å². The lowest BCUT2D eigenvalue weighted by Crippen LogP contribution is -2.19. The molecular formula is C17H16FN3O. The summed E-state index contributed by atoms with van der Waals surface area (Å²) in [5.41, 5.74) is 1.49. The quantitative estimate of drug-likeness (QED) is 0.779. The van der Waals surface area contributed by atoms with Crippen molar-refractivity contribution in [1.29, 1.82) is 0 Å². The lowest BCUT2D eigenvalue weighted by Gasteiger charge is -2.13. The lowest BCUT2D eigenvalue weighted by molar-refractivity contribution is 0.447. The van der Waals surface area contributed by atoms with Crippen LogP contribution in [0.4, 0.5) is 4.39 Å². The molecule has 0 unspecified atom stereocenters. The molecule has 3 aromatic rings. The molecule has 0 radical (unpaired) electrons. The minimum Gasteiger partial charge on any atom is -0.419 e. The molecule has 3 rings (SSSR count). The number of aromatic nitrogens is 2. The summed E-state index contributed by atoms with van der Waals surface area (Å²) in [6, 6.07) is 16.1. The molecule has 0 bridgehead atoms. The largest absolute Gasteiger partial charge is 0.419 e. The fraction of sp³-hybridized carbons (Fsp3) is 0.176. The summed E-state index contributed by atoms with van der Waals surface area (Å²) in [5.74, 6) is 0.732. The Bertz CT molecular complexity index is 742. The highest BCUT2D eigenvalue weighted by Gasteiger charge is 2.12. The van der Waals surface area contributed by atoms with Crippen LogP contribution in [0, 0.1) is 5.82 Å². The van der Waals surface area contributed by atoms with Gasteiger partial charge in [-0.1, -0.05) is 36.4 Å². The highest BCUT2D eigenvalue weighted by molar-refractivity contribution is 5.51. The van der Waals surface area contributed by atoms with Crippen LogP contribution in [0.3, 0.4) is 0 Å². The van der Waals surface area contributed by atoms with Crippen molar-refractivity contribution in [3.8, 4) is 11.5 Å². The van der Waals surface area contributed by atoms with Crippen molar-refractivity contribution in [1.82, 2.24) is 15.5 Å². The minimum absolute atomic E-state index is 0.145. The number of halogens is 1. The van der Waals surface area contributed by atoms with Crippen LogP contribution in [0.2, 0.25) is 0 Å². The van der Waals surface area contributed by atoms with E-state index in [-0.39, 0.29) is 11.9 Å². The third-order valence-corrected chi connectivity index (χ3v) is 3.42. The van der Waals surface area contributed by atoms with E-state index in [0.717, 1.165) is 5.56 Å². The summed E-state index contributed by atoms with van der Waals surface area (Å²) < 4.78 is 19.3. The van der Waals surface area contributed by atoms with Gasteiger partial charge in [-0.2, -0.15) is 0 Å². The summed E-state index contributed by atoms with van der Waals surface area (Å²) in [6.45, 7) is 2.28. The van der Waals surface area contributed by atoms with E-state index in [2.05, 4.69) is 15.5 Å². The van der Waals surface area contributed by atoms with Gasteiger partial charge in [0.2, 0.25) is 11.8 Å². The first kappa shape index (κ1) is 14.4. The molecule has 1 atom stereocenters. The maximum absolute atomic E-state index is 13.7. The Morgan fingerprint density at radius 3 is 2.55 bits per heavy atom. The van der Waals surface area contributed by atoms with Crippen LogP contribution in [-0.2, 0) is 6.54 Å². The van der Waals surface area contributed by atoms with E-state index in [1.165, 1.54) is 6.07 Å². The van der Waals surface area contributed by atoms with Crippen LogP contribution >= 0.6 is 0 Å². The third-order valence-electron chi connectivity index (χ3n) is 3.42. The maximum Gasteiger partial charge on any atom is 0.247 e. The van der Waals surface area contributed by atoms with E-state index in [0.29, 0.717) is 23.9 Å². The van der Waals surface area contributed by atoms with Gasteiger partial charge in [0, 0.05) is 17.2 Å². The van der Waals surface area contributed by atoms with E-state index in [9.17, 15) is 4.39 Å². The Labute approximate surface area is 128 Å². The summed E-state index contributed by atoms with van der Waals surface area (Å²) in [6.07, 6.45) is 0. The van der Waals surface area contributed by atoms with Crippen LogP contribution in [0.1, 0.15) is 24.4 Å². The second-order valence-corrected chi connectivity index (χ2v) is 4.99. The molecule has 1 aromatic heterocycles. The third kappa shape index (κ3) is 3.20. The van der Waals surface area contributed by atoms with Crippen molar-refractivity contribution in [2.24, 2.45) is 0 Å². The van der Waals surface area contributed by atoms with Crippen LogP contribution in [-0.4, -0.2) is 10.2 Å². The molecule has 4 nitrogen and oxygen atoms in total.